The lowest BCUT2D eigenvalue weighted by atomic mass is 10.3. The van der Waals surface area contributed by atoms with Gasteiger partial charge in [-0.05, 0) is 4.74 Å². The minimum atomic E-state index is 0.550. The Morgan fingerprint density at radius 1 is 1.57 bits per heavy atom. The van der Waals surface area contributed by atoms with Crippen LogP contribution in [0, 0.1) is 5.92 Å². The van der Waals surface area contributed by atoms with Crippen molar-refractivity contribution in [2.45, 2.75) is 19.1 Å². The maximum absolute atomic E-state index is 5.48. The van der Waals surface area contributed by atoms with Gasteiger partial charge in [-0.1, -0.05) is 25.0 Å². The van der Waals surface area contributed by atoms with E-state index in [-0.39, 0.29) is 0 Å². The Hall–Kier alpha value is 0.822. The van der Waals surface area contributed by atoms with Gasteiger partial charge in [0.2, 0.25) is 15.2 Å². The Morgan fingerprint density at radius 2 is 2.14 bits per heavy atom. The third kappa shape index (κ3) is 6.82. The molecule has 7 heavy (non-hydrogen) atoms. The van der Waals surface area contributed by atoms with Crippen LogP contribution >= 0.6 is 11.6 Å². The monoisotopic (exact) mass is 133 g/mol. The third-order valence-corrected chi connectivity index (χ3v) is 2.90. The molecule has 0 N–H and O–H groups in total. The van der Waals surface area contributed by atoms with E-state index in [4.69, 9.17) is 11.6 Å². The van der Waals surface area contributed by atoms with Crippen LogP contribution in [0.4, 0.5) is 0 Å². The lowest BCUT2D eigenvalue weighted by Crippen LogP contribution is -1.96. The lowest BCUT2D eigenvalue weighted by Gasteiger charge is -1.96. The predicted molar refractivity (Wildman–Crippen MR) is 36.1 cm³/mol. The van der Waals surface area contributed by atoms with Crippen LogP contribution in [0.3, 0.4) is 0 Å². The number of hydrogen-bond acceptors (Lipinski definition) is 0. The molecule has 2 heteroatoms. The Labute approximate surface area is 57.0 Å². The van der Waals surface area contributed by atoms with Gasteiger partial charge in [-0.3, -0.25) is 0 Å². The van der Waals surface area contributed by atoms with Crippen LogP contribution < -0.4 is 0 Å². The molecule has 0 spiro atoms. The van der Waals surface area contributed by atoms with Crippen molar-refractivity contribution >= 4 is 26.8 Å². The zero-order chi connectivity index (χ0) is 5.70. The van der Waals surface area contributed by atoms with Crippen molar-refractivity contribution in [1.82, 2.24) is 0 Å². The highest BCUT2D eigenvalue weighted by Crippen LogP contribution is 1.97. The molecule has 0 aliphatic heterocycles. The van der Waals surface area contributed by atoms with Crippen molar-refractivity contribution in [1.29, 1.82) is 0 Å². The molecule has 0 saturated carbocycles. The summed E-state index contributed by atoms with van der Waals surface area (Å²) in [7, 11) is 0. The van der Waals surface area contributed by atoms with Crippen LogP contribution in [-0.2, 0) is 0 Å². The van der Waals surface area contributed by atoms with Gasteiger partial charge in [-0.15, -0.1) is 11.6 Å². The van der Waals surface area contributed by atoms with E-state index in [1.165, 1.54) is 5.28 Å². The molecule has 41 valence electrons. The van der Waals surface area contributed by atoms with Crippen molar-refractivity contribution in [2.75, 3.05) is 4.74 Å². The number of hydrogen-bond donors (Lipinski definition) is 0. The number of halogens is 1. The van der Waals surface area contributed by atoms with E-state index < -0.39 is 0 Å². The highest BCUT2D eigenvalue weighted by molar-refractivity contribution is 6.50. The van der Waals surface area contributed by atoms with E-state index in [2.05, 4.69) is 13.8 Å². The van der Waals surface area contributed by atoms with Gasteiger partial charge in [-0.2, -0.15) is 0 Å². The molecule has 0 saturated heterocycles. The molecule has 0 aliphatic rings. The van der Waals surface area contributed by atoms with Crippen molar-refractivity contribution in [2.24, 2.45) is 5.92 Å². The zero-order valence-electron chi connectivity index (χ0n) is 4.95. The van der Waals surface area contributed by atoms with E-state index in [1.54, 1.807) is 0 Å². The van der Waals surface area contributed by atoms with Gasteiger partial charge in [-0.25, -0.2) is 0 Å². The van der Waals surface area contributed by atoms with Crippen LogP contribution in [0.25, 0.3) is 0 Å². The Balaban J connectivity index is 2.68. The average Bonchev–Trinajstić information content (AvgIpc) is 1.61. The molecule has 0 aromatic rings. The van der Waals surface area contributed by atoms with E-state index in [1.807, 2.05) is 0 Å². The summed E-state index contributed by atoms with van der Waals surface area (Å²) in [5.41, 5.74) is 0. The van der Waals surface area contributed by atoms with Gasteiger partial charge in [0.15, 0.2) is 0 Å². The first-order valence-electron chi connectivity index (χ1n) is 2.65. The highest BCUT2D eigenvalue weighted by atomic mass is 35.5. The van der Waals surface area contributed by atoms with Crippen LogP contribution in [0.2, 0.25) is 5.28 Å². The third-order valence-electron chi connectivity index (χ3n) is 0.747. The smallest absolute Gasteiger partial charge is 0.144 e. The summed E-state index contributed by atoms with van der Waals surface area (Å²) in [5.74, 6) is 0.855. The second kappa shape index (κ2) is 4.97. The maximum atomic E-state index is 5.48. The molecular formula is C5H11AlCl. The van der Waals surface area contributed by atoms with Crippen LogP contribution in [0.1, 0.15) is 13.8 Å². The molecule has 0 fully saturated rings. The summed E-state index contributed by atoms with van der Waals surface area (Å²) in [6, 6.07) is 0. The second-order valence-corrected chi connectivity index (χ2v) is 4.36. The maximum Gasteiger partial charge on any atom is 0.224 e. The first-order chi connectivity index (χ1) is 3.27. The summed E-state index contributed by atoms with van der Waals surface area (Å²) >= 11 is 6.03. The SMILES string of the molecule is CC(C)[CH2][Al][CH2]Cl. The second-order valence-electron chi connectivity index (χ2n) is 2.07. The minimum absolute atomic E-state index is 0.550. The van der Waals surface area contributed by atoms with Gasteiger partial charge in [0.05, 0.1) is 0 Å². The van der Waals surface area contributed by atoms with E-state index >= 15 is 0 Å². The first kappa shape index (κ1) is 7.82. The molecule has 0 aromatic heterocycles. The molecule has 0 atom stereocenters. The van der Waals surface area contributed by atoms with Crippen molar-refractivity contribution in [3.05, 3.63) is 0 Å². The number of rotatable bonds is 3. The van der Waals surface area contributed by atoms with Crippen molar-refractivity contribution < 1.29 is 0 Å². The molecule has 0 unspecified atom stereocenters. The normalized spacial score (nSPS) is 9.71. The number of alkyl halides is 1. The largest absolute Gasteiger partial charge is 0.224 e. The fraction of sp³-hybridized carbons (Fsp3) is 1.00. The molecule has 0 bridgehead atoms. The molecule has 0 nitrogen and oxygen atoms in total. The van der Waals surface area contributed by atoms with Crippen molar-refractivity contribution in [3.8, 4) is 0 Å². The van der Waals surface area contributed by atoms with Crippen LogP contribution in [-0.4, -0.2) is 20.0 Å². The Bertz CT molecular complexity index is 37.1. The predicted octanol–water partition coefficient (Wildman–Crippen LogP) is 1.96. The summed E-state index contributed by atoms with van der Waals surface area (Å²) in [4.78, 5) is 0. The molecule has 0 heterocycles. The molecule has 0 rings (SSSR count). The van der Waals surface area contributed by atoms with E-state index in [0.717, 1.165) is 10.7 Å². The quantitative estimate of drug-likeness (QED) is 0.408. The fourth-order valence-corrected chi connectivity index (χ4v) is 1.57. The van der Waals surface area contributed by atoms with E-state index in [0.29, 0.717) is 15.2 Å². The Kier molecular flexibility index (Phi) is 5.55. The van der Waals surface area contributed by atoms with Crippen LogP contribution in [0.15, 0.2) is 0 Å². The summed E-state index contributed by atoms with van der Waals surface area (Å²) in [6.45, 7) is 4.47. The van der Waals surface area contributed by atoms with Gasteiger partial charge < -0.3 is 0 Å². The van der Waals surface area contributed by atoms with Crippen LogP contribution in [0.5, 0.6) is 0 Å². The van der Waals surface area contributed by atoms with E-state index in [9.17, 15) is 0 Å². The average molecular weight is 134 g/mol. The molecule has 0 amide bonds. The van der Waals surface area contributed by atoms with Gasteiger partial charge in [0, 0.05) is 0 Å². The fourth-order valence-electron chi connectivity index (χ4n) is 0.396. The highest BCUT2D eigenvalue weighted by Gasteiger charge is 1.92. The standard InChI is InChI=1S/C4H9.CH2Cl.Al/c1-4(2)3;1-2;/h4H,1H2,2-3H3;1H2;. The molecule has 0 aromatic carbocycles. The summed E-state index contributed by atoms with van der Waals surface area (Å²) in [6.07, 6.45) is 0. The lowest BCUT2D eigenvalue weighted by molar-refractivity contribution is 0.731. The van der Waals surface area contributed by atoms with Gasteiger partial charge in [0.25, 0.3) is 0 Å². The Morgan fingerprint density at radius 3 is 2.29 bits per heavy atom. The van der Waals surface area contributed by atoms with Gasteiger partial charge in [0.1, 0.15) is 0 Å². The molecular weight excluding hydrogens is 122 g/mol. The summed E-state index contributed by atoms with van der Waals surface area (Å²) in [5, 5.41) is 1.35. The minimum Gasteiger partial charge on any atom is -0.144 e. The zero-order valence-corrected chi connectivity index (χ0v) is 6.86. The van der Waals surface area contributed by atoms with Gasteiger partial charge >= 0.3 is 0 Å². The summed E-state index contributed by atoms with van der Waals surface area (Å²) < 4.78 is 0.901. The molecule has 1 radical (unpaired) electrons. The van der Waals surface area contributed by atoms with Crippen molar-refractivity contribution in [3.63, 3.8) is 0 Å². The molecule has 0 aliphatic carbocycles. The topological polar surface area (TPSA) is 0 Å². The first-order valence-corrected chi connectivity index (χ1v) is 4.81.